The number of rotatable bonds is 2. The predicted molar refractivity (Wildman–Crippen MR) is 71.3 cm³/mol. The average Bonchev–Trinajstić information content (AvgIpc) is 3.07. The molecule has 100 valence electrons. The van der Waals surface area contributed by atoms with E-state index in [9.17, 15) is 4.39 Å². The van der Waals surface area contributed by atoms with Crippen LogP contribution in [0.2, 0.25) is 0 Å². The summed E-state index contributed by atoms with van der Waals surface area (Å²) in [6.45, 7) is 1.95. The Balaban J connectivity index is 1.88. The molecule has 0 bridgehead atoms. The van der Waals surface area contributed by atoms with Gasteiger partial charge in [0.1, 0.15) is 0 Å². The van der Waals surface area contributed by atoms with Crippen LogP contribution in [-0.2, 0) is 0 Å². The molecule has 3 rings (SSSR count). The maximum Gasteiger partial charge on any atom is 0.287 e. The molecule has 0 saturated heterocycles. The number of hydrogen-bond acceptors (Lipinski definition) is 5. The fourth-order valence-electron chi connectivity index (χ4n) is 2.21. The second-order valence-corrected chi connectivity index (χ2v) is 5.91. The Morgan fingerprint density at radius 1 is 1.32 bits per heavy atom. The predicted octanol–water partition coefficient (Wildman–Crippen LogP) is 4.15. The summed E-state index contributed by atoms with van der Waals surface area (Å²) in [7, 11) is 0. The van der Waals surface area contributed by atoms with E-state index in [1.807, 2.05) is 6.92 Å². The molecule has 1 saturated carbocycles. The lowest BCUT2D eigenvalue weighted by molar-refractivity contribution is 0.396. The van der Waals surface area contributed by atoms with Crippen molar-refractivity contribution in [1.82, 2.24) is 15.1 Å². The number of aromatic nitrogens is 3. The van der Waals surface area contributed by atoms with E-state index in [-0.39, 0.29) is 11.7 Å². The van der Waals surface area contributed by atoms with Crippen LogP contribution in [0.5, 0.6) is 0 Å². The summed E-state index contributed by atoms with van der Waals surface area (Å²) >= 11 is 1.47. The molecule has 0 aliphatic heterocycles. The maximum atomic E-state index is 14.2. The van der Waals surface area contributed by atoms with Gasteiger partial charge in [-0.2, -0.15) is 4.98 Å². The van der Waals surface area contributed by atoms with Crippen LogP contribution in [-0.4, -0.2) is 15.1 Å². The Morgan fingerprint density at radius 3 is 2.79 bits per heavy atom. The van der Waals surface area contributed by atoms with Crippen molar-refractivity contribution in [3.8, 4) is 10.8 Å². The van der Waals surface area contributed by atoms with Gasteiger partial charge in [0.05, 0.1) is 0 Å². The summed E-state index contributed by atoms with van der Waals surface area (Å²) < 4.78 is 19.2. The second-order valence-electron chi connectivity index (χ2n) is 4.68. The number of hydrogen-bond donors (Lipinski definition) is 0. The lowest BCUT2D eigenvalue weighted by Crippen LogP contribution is -1.96. The third-order valence-corrected chi connectivity index (χ3v) is 4.10. The first-order chi connectivity index (χ1) is 9.24. The Bertz CT molecular complexity index is 609. The highest BCUT2D eigenvalue weighted by Crippen LogP contribution is 2.31. The van der Waals surface area contributed by atoms with Gasteiger partial charge in [-0.1, -0.05) is 11.6 Å². The minimum absolute atomic E-state index is 0.0141. The minimum Gasteiger partial charge on any atom is -0.331 e. The number of halogens is 1. The molecule has 2 aromatic rings. The molecule has 0 unspecified atom stereocenters. The summed E-state index contributed by atoms with van der Waals surface area (Å²) in [5.41, 5.74) is 0.803. The summed E-state index contributed by atoms with van der Waals surface area (Å²) in [5.74, 6) is 0.00569. The molecule has 19 heavy (non-hydrogen) atoms. The van der Waals surface area contributed by atoms with Gasteiger partial charge >= 0.3 is 0 Å². The molecule has 2 heterocycles. The van der Waals surface area contributed by atoms with E-state index in [0.29, 0.717) is 10.8 Å². The van der Waals surface area contributed by atoms with Gasteiger partial charge in [-0.05, 0) is 38.2 Å². The normalized spacial score (nSPS) is 15.8. The Morgan fingerprint density at radius 2 is 2.11 bits per heavy atom. The average molecular weight is 279 g/mol. The summed E-state index contributed by atoms with van der Waals surface area (Å²) in [6.07, 6.45) is 6.57. The van der Waals surface area contributed by atoms with Crippen LogP contribution < -0.4 is 0 Å². The fourth-order valence-corrected chi connectivity index (χ4v) is 2.90. The van der Waals surface area contributed by atoms with Crippen LogP contribution in [0.1, 0.15) is 42.9 Å². The molecule has 1 aliphatic carbocycles. The van der Waals surface area contributed by atoms with Gasteiger partial charge in [-0.3, -0.25) is 0 Å². The van der Waals surface area contributed by atoms with Gasteiger partial charge in [-0.15, -0.1) is 11.3 Å². The van der Waals surface area contributed by atoms with Gasteiger partial charge in [-0.25, -0.2) is 9.37 Å². The molecule has 1 aliphatic rings. The second kappa shape index (κ2) is 5.21. The lowest BCUT2D eigenvalue weighted by atomic mass is 9.94. The zero-order valence-electron chi connectivity index (χ0n) is 10.6. The highest BCUT2D eigenvalue weighted by molar-refractivity contribution is 7.14. The summed E-state index contributed by atoms with van der Waals surface area (Å²) in [5, 5.41) is 4.46. The number of aryl methyl sites for hydroxylation is 1. The molecular formula is C13H14FN3OS. The Kier molecular flexibility index (Phi) is 3.42. The number of nitrogens with zero attached hydrogens (tertiary/aromatic N) is 3. The summed E-state index contributed by atoms with van der Waals surface area (Å²) in [6, 6.07) is 0. The van der Waals surface area contributed by atoms with Crippen LogP contribution in [0.15, 0.2) is 16.3 Å². The third kappa shape index (κ3) is 2.58. The topological polar surface area (TPSA) is 51.8 Å². The Hall–Kier alpha value is -1.56. The number of thiazole rings is 1. The van der Waals surface area contributed by atoms with E-state index in [0.717, 1.165) is 36.1 Å². The molecule has 0 N–H and O–H groups in total. The molecule has 0 spiro atoms. The molecule has 6 heteroatoms. The molecule has 0 atom stereocenters. The van der Waals surface area contributed by atoms with Gasteiger partial charge in [0, 0.05) is 11.1 Å². The van der Waals surface area contributed by atoms with Gasteiger partial charge in [0.25, 0.3) is 5.89 Å². The van der Waals surface area contributed by atoms with E-state index in [4.69, 9.17) is 4.52 Å². The molecule has 0 aromatic carbocycles. The molecule has 1 fully saturated rings. The van der Waals surface area contributed by atoms with Crippen LogP contribution in [0.4, 0.5) is 4.39 Å². The van der Waals surface area contributed by atoms with Crippen LogP contribution in [0.25, 0.3) is 16.7 Å². The van der Waals surface area contributed by atoms with Crippen molar-refractivity contribution in [2.24, 2.45) is 0 Å². The van der Waals surface area contributed by atoms with Gasteiger partial charge < -0.3 is 4.52 Å². The standard InChI is InChI=1S/C13H14FN3OS/c1-8-7-15-13(19-8)11-16-12(18-17-11)10(14)9-5-3-2-4-6-9/h7H,2-6H2,1H3. The largest absolute Gasteiger partial charge is 0.331 e. The van der Waals surface area contributed by atoms with E-state index < -0.39 is 0 Å². The van der Waals surface area contributed by atoms with Crippen molar-refractivity contribution < 1.29 is 8.91 Å². The molecule has 4 nitrogen and oxygen atoms in total. The first-order valence-corrected chi connectivity index (χ1v) is 7.20. The number of allylic oxidation sites excluding steroid dienone is 1. The minimum atomic E-state index is -0.341. The van der Waals surface area contributed by atoms with Crippen molar-refractivity contribution in [2.45, 2.75) is 39.0 Å². The van der Waals surface area contributed by atoms with Crippen LogP contribution in [0.3, 0.4) is 0 Å². The molecule has 0 radical (unpaired) electrons. The Labute approximate surface area is 114 Å². The van der Waals surface area contributed by atoms with Crippen molar-refractivity contribution in [1.29, 1.82) is 0 Å². The van der Waals surface area contributed by atoms with E-state index in [1.54, 1.807) is 6.20 Å². The van der Waals surface area contributed by atoms with Gasteiger partial charge in [0.2, 0.25) is 5.82 Å². The van der Waals surface area contributed by atoms with Crippen molar-refractivity contribution in [3.05, 3.63) is 22.5 Å². The van der Waals surface area contributed by atoms with E-state index >= 15 is 0 Å². The van der Waals surface area contributed by atoms with Crippen molar-refractivity contribution in [3.63, 3.8) is 0 Å². The first kappa shape index (κ1) is 12.5. The molecular weight excluding hydrogens is 265 g/mol. The quantitative estimate of drug-likeness (QED) is 0.828. The maximum absolute atomic E-state index is 14.2. The van der Waals surface area contributed by atoms with E-state index in [2.05, 4.69) is 15.1 Å². The van der Waals surface area contributed by atoms with Crippen LogP contribution >= 0.6 is 11.3 Å². The zero-order chi connectivity index (χ0) is 13.2. The van der Waals surface area contributed by atoms with Crippen molar-refractivity contribution in [2.75, 3.05) is 0 Å². The fraction of sp³-hybridized carbons (Fsp3) is 0.462. The van der Waals surface area contributed by atoms with Crippen molar-refractivity contribution >= 4 is 17.2 Å². The highest BCUT2D eigenvalue weighted by atomic mass is 32.1. The monoisotopic (exact) mass is 279 g/mol. The van der Waals surface area contributed by atoms with E-state index in [1.165, 1.54) is 17.8 Å². The smallest absolute Gasteiger partial charge is 0.287 e. The highest BCUT2D eigenvalue weighted by Gasteiger charge is 2.19. The zero-order valence-corrected chi connectivity index (χ0v) is 11.5. The molecule has 2 aromatic heterocycles. The summed E-state index contributed by atoms with van der Waals surface area (Å²) in [4.78, 5) is 9.33. The first-order valence-electron chi connectivity index (χ1n) is 6.38. The lowest BCUT2D eigenvalue weighted by Gasteiger charge is -2.13. The third-order valence-electron chi connectivity index (χ3n) is 3.19. The van der Waals surface area contributed by atoms with Crippen LogP contribution in [0, 0.1) is 6.92 Å². The molecule has 0 amide bonds. The van der Waals surface area contributed by atoms with Gasteiger partial charge in [0.15, 0.2) is 10.8 Å². The SMILES string of the molecule is Cc1cnc(-c2noc(C(F)=C3CCCCC3)n2)s1.